The summed E-state index contributed by atoms with van der Waals surface area (Å²) in [6.45, 7) is 6.42. The van der Waals surface area contributed by atoms with Crippen molar-refractivity contribution >= 4 is 39.0 Å². The highest BCUT2D eigenvalue weighted by Gasteiger charge is 2.12. The fourth-order valence-electron chi connectivity index (χ4n) is 2.79. The monoisotopic (exact) mass is 389 g/mol. The SMILES string of the molecule is CCOC(=O)Cc1csc2cc(OCc3c(Cl)cc(C)nc3C)ccc12. The smallest absolute Gasteiger partial charge is 0.310 e. The minimum Gasteiger partial charge on any atom is -0.489 e. The fraction of sp³-hybridized carbons (Fsp3) is 0.300. The Morgan fingerprint density at radius 2 is 2.08 bits per heavy atom. The first-order valence-corrected chi connectivity index (χ1v) is 9.65. The summed E-state index contributed by atoms with van der Waals surface area (Å²) in [7, 11) is 0. The molecule has 0 amide bonds. The van der Waals surface area contributed by atoms with Crippen LogP contribution in [0.4, 0.5) is 0 Å². The number of benzene rings is 1. The number of carbonyl (C=O) groups excluding carboxylic acids is 1. The van der Waals surface area contributed by atoms with Crippen LogP contribution in [0.1, 0.15) is 29.4 Å². The van der Waals surface area contributed by atoms with Crippen molar-refractivity contribution in [2.24, 2.45) is 0 Å². The molecule has 0 unspecified atom stereocenters. The Labute approximate surface area is 161 Å². The topological polar surface area (TPSA) is 48.4 Å². The summed E-state index contributed by atoms with van der Waals surface area (Å²) in [5.74, 6) is 0.558. The molecule has 4 nitrogen and oxygen atoms in total. The molecular weight excluding hydrogens is 370 g/mol. The van der Waals surface area contributed by atoms with E-state index in [1.54, 1.807) is 11.3 Å². The maximum absolute atomic E-state index is 11.7. The third kappa shape index (κ3) is 4.17. The number of ether oxygens (including phenoxy) is 2. The summed E-state index contributed by atoms with van der Waals surface area (Å²) < 4.78 is 12.0. The molecule has 0 saturated carbocycles. The lowest BCUT2D eigenvalue weighted by Crippen LogP contribution is -2.06. The van der Waals surface area contributed by atoms with Crippen LogP contribution in [0.15, 0.2) is 29.6 Å². The van der Waals surface area contributed by atoms with E-state index in [1.165, 1.54) is 0 Å². The van der Waals surface area contributed by atoms with E-state index in [9.17, 15) is 4.79 Å². The minimum atomic E-state index is -0.204. The van der Waals surface area contributed by atoms with Crippen molar-refractivity contribution in [1.82, 2.24) is 4.98 Å². The van der Waals surface area contributed by atoms with E-state index in [0.717, 1.165) is 38.4 Å². The molecule has 0 aliphatic carbocycles. The molecule has 0 bridgehead atoms. The zero-order chi connectivity index (χ0) is 18.7. The second-order valence-electron chi connectivity index (χ2n) is 6.00. The van der Waals surface area contributed by atoms with Gasteiger partial charge in [-0.2, -0.15) is 0 Å². The first kappa shape index (κ1) is 18.7. The number of nitrogens with zero attached hydrogens (tertiary/aromatic N) is 1. The molecule has 2 heterocycles. The predicted octanol–water partition coefficient (Wildman–Crippen LogP) is 5.25. The Kier molecular flexibility index (Phi) is 5.79. The lowest BCUT2D eigenvalue weighted by atomic mass is 10.1. The lowest BCUT2D eigenvalue weighted by molar-refractivity contribution is -0.142. The van der Waals surface area contributed by atoms with Gasteiger partial charge in [0.25, 0.3) is 0 Å². The van der Waals surface area contributed by atoms with E-state index in [-0.39, 0.29) is 12.4 Å². The van der Waals surface area contributed by atoms with Gasteiger partial charge in [0.05, 0.1) is 18.1 Å². The molecule has 0 N–H and O–H groups in total. The first-order chi connectivity index (χ1) is 12.5. The van der Waals surface area contributed by atoms with E-state index in [4.69, 9.17) is 21.1 Å². The van der Waals surface area contributed by atoms with E-state index >= 15 is 0 Å². The largest absolute Gasteiger partial charge is 0.489 e. The number of thiophene rings is 1. The van der Waals surface area contributed by atoms with Gasteiger partial charge in [-0.05, 0) is 61.4 Å². The van der Waals surface area contributed by atoms with E-state index in [0.29, 0.717) is 18.2 Å². The average molecular weight is 390 g/mol. The zero-order valence-corrected chi connectivity index (χ0v) is 16.5. The second kappa shape index (κ2) is 8.06. The summed E-state index contributed by atoms with van der Waals surface area (Å²) in [6, 6.07) is 7.73. The van der Waals surface area contributed by atoms with Crippen molar-refractivity contribution < 1.29 is 14.3 Å². The highest BCUT2D eigenvalue weighted by atomic mass is 35.5. The number of esters is 1. The van der Waals surface area contributed by atoms with Crippen LogP contribution in [0.3, 0.4) is 0 Å². The summed E-state index contributed by atoms with van der Waals surface area (Å²) in [5.41, 5.74) is 3.65. The van der Waals surface area contributed by atoms with Crippen LogP contribution >= 0.6 is 22.9 Å². The van der Waals surface area contributed by atoms with E-state index < -0.39 is 0 Å². The lowest BCUT2D eigenvalue weighted by Gasteiger charge is -2.11. The molecule has 2 aromatic heterocycles. The Morgan fingerprint density at radius 3 is 2.81 bits per heavy atom. The molecule has 0 saturated heterocycles. The number of hydrogen-bond acceptors (Lipinski definition) is 5. The molecule has 1 aromatic carbocycles. The van der Waals surface area contributed by atoms with Gasteiger partial charge in [0, 0.05) is 21.7 Å². The van der Waals surface area contributed by atoms with Gasteiger partial charge in [-0.15, -0.1) is 11.3 Å². The van der Waals surface area contributed by atoms with Crippen molar-refractivity contribution in [3.05, 3.63) is 57.2 Å². The van der Waals surface area contributed by atoms with Crippen LogP contribution < -0.4 is 4.74 Å². The van der Waals surface area contributed by atoms with Crippen molar-refractivity contribution in [2.45, 2.75) is 33.8 Å². The zero-order valence-electron chi connectivity index (χ0n) is 15.0. The van der Waals surface area contributed by atoms with Gasteiger partial charge in [-0.1, -0.05) is 11.6 Å². The van der Waals surface area contributed by atoms with Crippen LogP contribution in [0, 0.1) is 13.8 Å². The van der Waals surface area contributed by atoms with Gasteiger partial charge in [0.2, 0.25) is 0 Å². The van der Waals surface area contributed by atoms with Gasteiger partial charge < -0.3 is 9.47 Å². The molecular formula is C20H20ClNO3S. The maximum Gasteiger partial charge on any atom is 0.310 e. The van der Waals surface area contributed by atoms with E-state index in [1.807, 2.05) is 50.4 Å². The molecule has 26 heavy (non-hydrogen) atoms. The van der Waals surface area contributed by atoms with Crippen molar-refractivity contribution in [3.8, 4) is 5.75 Å². The van der Waals surface area contributed by atoms with Crippen LogP contribution in [-0.2, 0) is 22.6 Å². The summed E-state index contributed by atoms with van der Waals surface area (Å²) in [5, 5.41) is 3.72. The van der Waals surface area contributed by atoms with Gasteiger partial charge in [0.15, 0.2) is 0 Å². The van der Waals surface area contributed by atoms with Crippen LogP contribution in [0.5, 0.6) is 5.75 Å². The summed E-state index contributed by atoms with van der Waals surface area (Å²) in [6.07, 6.45) is 0.290. The number of rotatable bonds is 6. The number of aryl methyl sites for hydroxylation is 2. The van der Waals surface area contributed by atoms with Crippen LogP contribution in [0.25, 0.3) is 10.1 Å². The molecule has 3 rings (SSSR count). The number of hydrogen-bond donors (Lipinski definition) is 0. The third-order valence-corrected chi connectivity index (χ3v) is 5.39. The van der Waals surface area contributed by atoms with Crippen LogP contribution in [-0.4, -0.2) is 17.6 Å². The highest BCUT2D eigenvalue weighted by molar-refractivity contribution is 7.17. The molecule has 0 aliphatic rings. The molecule has 0 fully saturated rings. The predicted molar refractivity (Wildman–Crippen MR) is 105 cm³/mol. The molecule has 6 heteroatoms. The van der Waals surface area contributed by atoms with Crippen molar-refractivity contribution in [3.63, 3.8) is 0 Å². The second-order valence-corrected chi connectivity index (χ2v) is 7.32. The maximum atomic E-state index is 11.7. The number of carbonyl (C=O) groups is 1. The van der Waals surface area contributed by atoms with Crippen molar-refractivity contribution in [2.75, 3.05) is 6.61 Å². The van der Waals surface area contributed by atoms with Gasteiger partial charge >= 0.3 is 5.97 Å². The van der Waals surface area contributed by atoms with Crippen LogP contribution in [0.2, 0.25) is 5.02 Å². The van der Waals surface area contributed by atoms with Gasteiger partial charge in [-0.3, -0.25) is 9.78 Å². The molecule has 0 radical (unpaired) electrons. The Balaban J connectivity index is 1.75. The summed E-state index contributed by atoms with van der Waals surface area (Å²) >= 11 is 7.90. The number of fused-ring (bicyclic) bond motifs is 1. The van der Waals surface area contributed by atoms with Gasteiger partial charge in [0.1, 0.15) is 12.4 Å². The Bertz CT molecular complexity index is 928. The van der Waals surface area contributed by atoms with Crippen molar-refractivity contribution in [1.29, 1.82) is 0 Å². The highest BCUT2D eigenvalue weighted by Crippen LogP contribution is 2.31. The molecule has 0 spiro atoms. The average Bonchev–Trinajstić information content (AvgIpc) is 2.96. The Morgan fingerprint density at radius 1 is 1.27 bits per heavy atom. The molecule has 3 aromatic rings. The number of pyridine rings is 1. The Hall–Kier alpha value is -2.11. The normalized spacial score (nSPS) is 10.9. The molecule has 0 aliphatic heterocycles. The number of aromatic nitrogens is 1. The number of halogens is 1. The third-order valence-electron chi connectivity index (χ3n) is 4.06. The standard InChI is InChI=1S/C20H20ClNO3S/c1-4-24-20(23)8-14-11-26-19-9-15(5-6-16(14)19)25-10-17-13(3)22-12(2)7-18(17)21/h5-7,9,11H,4,8,10H2,1-3H3. The summed E-state index contributed by atoms with van der Waals surface area (Å²) in [4.78, 5) is 16.1. The van der Waals surface area contributed by atoms with Gasteiger partial charge in [-0.25, -0.2) is 0 Å². The van der Waals surface area contributed by atoms with E-state index in [2.05, 4.69) is 4.98 Å². The minimum absolute atomic E-state index is 0.204. The quantitative estimate of drug-likeness (QED) is 0.540. The first-order valence-electron chi connectivity index (χ1n) is 8.39. The molecule has 136 valence electrons. The molecule has 0 atom stereocenters. The fourth-order valence-corrected chi connectivity index (χ4v) is 4.13.